The van der Waals surface area contributed by atoms with Crippen molar-refractivity contribution in [2.45, 2.75) is 51.0 Å². The van der Waals surface area contributed by atoms with Crippen LogP contribution in [0.3, 0.4) is 0 Å². The maximum absolute atomic E-state index is 13.2. The normalized spacial score (nSPS) is 29.9. The Labute approximate surface area is 172 Å². The number of hydrogen-bond acceptors (Lipinski definition) is 5. The molecule has 0 spiro atoms. The number of urea groups is 1. The summed E-state index contributed by atoms with van der Waals surface area (Å²) >= 11 is 0. The van der Waals surface area contributed by atoms with E-state index < -0.39 is 0 Å². The smallest absolute Gasteiger partial charge is 0.318 e. The van der Waals surface area contributed by atoms with Crippen LogP contribution in [0.4, 0.5) is 10.6 Å². The number of aryl methyl sites for hydroxylation is 1. The number of carbonyl (C=O) groups is 2. The van der Waals surface area contributed by atoms with E-state index in [2.05, 4.69) is 15.8 Å². The molecule has 4 aliphatic carbocycles. The summed E-state index contributed by atoms with van der Waals surface area (Å²) in [6, 6.07) is 1.54. The predicted octanol–water partition coefficient (Wildman–Crippen LogP) is 2.46. The van der Waals surface area contributed by atoms with Gasteiger partial charge in [0, 0.05) is 24.7 Å². The lowest BCUT2D eigenvalue weighted by Gasteiger charge is -2.57. The molecule has 8 nitrogen and oxygen atoms in total. The van der Waals surface area contributed by atoms with Gasteiger partial charge in [-0.15, -0.1) is 0 Å². The minimum atomic E-state index is -0.266. The van der Waals surface area contributed by atoms with Gasteiger partial charge in [0.25, 0.3) is 0 Å². The third kappa shape index (κ3) is 4.74. The van der Waals surface area contributed by atoms with Crippen LogP contribution in [0.2, 0.25) is 0 Å². The summed E-state index contributed by atoms with van der Waals surface area (Å²) in [5.41, 5.74) is -0.0676. The van der Waals surface area contributed by atoms with Gasteiger partial charge in [0.2, 0.25) is 5.91 Å². The summed E-state index contributed by atoms with van der Waals surface area (Å²) in [5, 5.41) is 9.89. The SMILES string of the molecule is Cc1cc(NC(=O)CN(CCN(C)C)C(=O)NC23CC4CC(CC(C4)C2)C3)no1. The van der Waals surface area contributed by atoms with Crippen molar-refractivity contribution in [3.8, 4) is 0 Å². The van der Waals surface area contributed by atoms with Gasteiger partial charge in [-0.05, 0) is 77.3 Å². The molecule has 1 aromatic heterocycles. The highest BCUT2D eigenvalue weighted by Gasteiger charge is 2.51. The first kappa shape index (κ1) is 20.2. The summed E-state index contributed by atoms with van der Waals surface area (Å²) in [6.07, 6.45) is 7.28. The Morgan fingerprint density at radius 3 is 2.28 bits per heavy atom. The maximum Gasteiger partial charge on any atom is 0.318 e. The van der Waals surface area contributed by atoms with E-state index in [9.17, 15) is 9.59 Å². The number of hydrogen-bond donors (Lipinski definition) is 2. The van der Waals surface area contributed by atoms with Gasteiger partial charge in [-0.1, -0.05) is 5.16 Å². The predicted molar refractivity (Wildman–Crippen MR) is 109 cm³/mol. The van der Waals surface area contributed by atoms with Crippen LogP contribution in [0.5, 0.6) is 0 Å². The molecule has 0 radical (unpaired) electrons. The Morgan fingerprint density at radius 1 is 1.14 bits per heavy atom. The molecule has 4 saturated carbocycles. The van der Waals surface area contributed by atoms with Gasteiger partial charge in [-0.2, -0.15) is 0 Å². The quantitative estimate of drug-likeness (QED) is 0.730. The third-order valence-corrected chi connectivity index (χ3v) is 6.74. The Balaban J connectivity index is 1.40. The van der Waals surface area contributed by atoms with Crippen LogP contribution >= 0.6 is 0 Å². The second-order valence-electron chi connectivity index (χ2n) is 9.72. The average molecular weight is 404 g/mol. The maximum atomic E-state index is 13.2. The van der Waals surface area contributed by atoms with Gasteiger partial charge < -0.3 is 25.0 Å². The molecule has 29 heavy (non-hydrogen) atoms. The zero-order chi connectivity index (χ0) is 20.6. The van der Waals surface area contributed by atoms with E-state index in [1.165, 1.54) is 19.3 Å². The average Bonchev–Trinajstić information content (AvgIpc) is 3.01. The summed E-state index contributed by atoms with van der Waals surface area (Å²) in [6.45, 7) is 2.96. The molecule has 4 bridgehead atoms. The van der Waals surface area contributed by atoms with Gasteiger partial charge in [0.05, 0.1) is 0 Å². The van der Waals surface area contributed by atoms with E-state index >= 15 is 0 Å². The summed E-state index contributed by atoms with van der Waals surface area (Å²) in [4.78, 5) is 29.4. The zero-order valence-electron chi connectivity index (χ0n) is 17.7. The molecule has 5 rings (SSSR count). The second-order valence-corrected chi connectivity index (χ2v) is 9.72. The van der Waals surface area contributed by atoms with Crippen molar-refractivity contribution in [2.75, 3.05) is 39.0 Å². The third-order valence-electron chi connectivity index (χ3n) is 6.74. The Morgan fingerprint density at radius 2 is 1.76 bits per heavy atom. The molecule has 8 heteroatoms. The van der Waals surface area contributed by atoms with Crippen LogP contribution in [0.1, 0.15) is 44.3 Å². The molecule has 4 fully saturated rings. The molecule has 0 unspecified atom stereocenters. The highest BCUT2D eigenvalue weighted by atomic mass is 16.5. The molecule has 4 aliphatic rings. The molecular weight excluding hydrogens is 370 g/mol. The Bertz CT molecular complexity index is 724. The lowest BCUT2D eigenvalue weighted by atomic mass is 9.53. The fraction of sp³-hybridized carbons (Fsp3) is 0.762. The van der Waals surface area contributed by atoms with Crippen molar-refractivity contribution in [3.63, 3.8) is 0 Å². The summed E-state index contributed by atoms with van der Waals surface area (Å²) in [5.74, 6) is 3.02. The van der Waals surface area contributed by atoms with E-state index in [4.69, 9.17) is 4.52 Å². The number of nitrogens with zero attached hydrogens (tertiary/aromatic N) is 3. The number of rotatable bonds is 7. The number of anilines is 1. The van der Waals surface area contributed by atoms with E-state index in [0.29, 0.717) is 24.7 Å². The molecule has 3 amide bonds. The Hall–Kier alpha value is -2.09. The molecule has 2 N–H and O–H groups in total. The minimum absolute atomic E-state index is 0.00204. The Kier molecular flexibility index (Phi) is 5.55. The topological polar surface area (TPSA) is 90.7 Å². The molecule has 0 aromatic carbocycles. The fourth-order valence-corrected chi connectivity index (χ4v) is 5.92. The standard InChI is InChI=1S/C21H33N5O3/c1-14-6-18(24-29-14)22-19(27)13-26(5-4-25(2)3)20(28)23-21-10-15-7-16(11-21)9-17(8-15)12-21/h6,15-17H,4-5,7-13H2,1-3H3,(H,23,28)(H,22,24,27). The van der Waals surface area contributed by atoms with E-state index in [0.717, 1.165) is 37.0 Å². The summed E-state index contributed by atoms with van der Waals surface area (Å²) < 4.78 is 4.99. The highest BCUT2D eigenvalue weighted by Crippen LogP contribution is 2.55. The highest BCUT2D eigenvalue weighted by molar-refractivity contribution is 5.93. The second kappa shape index (κ2) is 7.97. The van der Waals surface area contributed by atoms with Crippen LogP contribution in [0.25, 0.3) is 0 Å². The number of nitrogens with one attached hydrogen (secondary N) is 2. The van der Waals surface area contributed by atoms with Crippen molar-refractivity contribution < 1.29 is 14.1 Å². The molecule has 1 aromatic rings. The van der Waals surface area contributed by atoms with Gasteiger partial charge in [0.15, 0.2) is 5.82 Å². The number of aromatic nitrogens is 1. The van der Waals surface area contributed by atoms with E-state index in [1.807, 2.05) is 19.0 Å². The molecule has 160 valence electrons. The minimum Gasteiger partial charge on any atom is -0.360 e. The van der Waals surface area contributed by atoms with Crippen molar-refractivity contribution in [2.24, 2.45) is 17.8 Å². The largest absolute Gasteiger partial charge is 0.360 e. The van der Waals surface area contributed by atoms with Crippen molar-refractivity contribution in [1.29, 1.82) is 0 Å². The monoisotopic (exact) mass is 403 g/mol. The molecular formula is C21H33N5O3. The lowest BCUT2D eigenvalue weighted by Crippen LogP contribution is -2.62. The number of likely N-dealkylation sites (N-methyl/N-ethyl adjacent to an activating group) is 1. The van der Waals surface area contributed by atoms with Crippen LogP contribution in [0.15, 0.2) is 10.6 Å². The van der Waals surface area contributed by atoms with E-state index in [-0.39, 0.29) is 24.0 Å². The van der Waals surface area contributed by atoms with Crippen LogP contribution < -0.4 is 10.6 Å². The fourth-order valence-electron chi connectivity index (χ4n) is 5.92. The van der Waals surface area contributed by atoms with Gasteiger partial charge in [-0.3, -0.25) is 4.79 Å². The molecule has 1 heterocycles. The van der Waals surface area contributed by atoms with Crippen molar-refractivity contribution in [1.82, 2.24) is 20.3 Å². The first-order chi connectivity index (χ1) is 13.8. The molecule has 0 saturated heterocycles. The van der Waals surface area contributed by atoms with Crippen LogP contribution in [-0.2, 0) is 4.79 Å². The summed E-state index contributed by atoms with van der Waals surface area (Å²) in [7, 11) is 3.93. The first-order valence-electron chi connectivity index (χ1n) is 10.8. The lowest BCUT2D eigenvalue weighted by molar-refractivity contribution is -0.117. The molecule has 0 atom stereocenters. The molecule has 0 aliphatic heterocycles. The van der Waals surface area contributed by atoms with Gasteiger partial charge >= 0.3 is 6.03 Å². The van der Waals surface area contributed by atoms with Crippen molar-refractivity contribution in [3.05, 3.63) is 11.8 Å². The van der Waals surface area contributed by atoms with Gasteiger partial charge in [0.1, 0.15) is 12.3 Å². The van der Waals surface area contributed by atoms with Crippen molar-refractivity contribution >= 4 is 17.8 Å². The van der Waals surface area contributed by atoms with Crippen LogP contribution in [0, 0.1) is 24.7 Å². The first-order valence-corrected chi connectivity index (χ1v) is 10.8. The van der Waals surface area contributed by atoms with Gasteiger partial charge in [-0.25, -0.2) is 4.79 Å². The van der Waals surface area contributed by atoms with Crippen LogP contribution in [-0.4, -0.2) is 66.2 Å². The van der Waals surface area contributed by atoms with E-state index in [1.54, 1.807) is 17.9 Å². The number of amides is 3. The number of carbonyl (C=O) groups excluding carboxylic acids is 2. The zero-order valence-corrected chi connectivity index (χ0v) is 17.7.